The average molecular weight is 645 g/mol. The van der Waals surface area contributed by atoms with E-state index in [9.17, 15) is 9.59 Å². The molecule has 0 N–H and O–H groups in total. The van der Waals surface area contributed by atoms with Gasteiger partial charge in [0.15, 0.2) is 0 Å². The molecule has 248 valence electrons. The molecule has 48 heavy (non-hydrogen) atoms. The van der Waals surface area contributed by atoms with Gasteiger partial charge in [-0.25, -0.2) is 9.59 Å². The molecule has 2 aliphatic rings. The fourth-order valence-electron chi connectivity index (χ4n) is 7.72. The summed E-state index contributed by atoms with van der Waals surface area (Å²) in [4.78, 5) is 25.3. The number of carbonyl (C=O) groups is 2. The minimum absolute atomic E-state index is 0.270. The van der Waals surface area contributed by atoms with Crippen molar-refractivity contribution >= 4 is 11.9 Å². The van der Waals surface area contributed by atoms with E-state index in [0.717, 1.165) is 47.7 Å². The molecule has 0 spiro atoms. The van der Waals surface area contributed by atoms with E-state index in [1.54, 1.807) is 0 Å². The van der Waals surface area contributed by atoms with Gasteiger partial charge < -0.3 is 18.4 Å². The Morgan fingerprint density at radius 3 is 1.38 bits per heavy atom. The number of carbonyl (C=O) groups excluding carboxylic acids is 2. The highest BCUT2D eigenvalue weighted by Crippen LogP contribution is 2.38. The monoisotopic (exact) mass is 644 g/mol. The Kier molecular flexibility index (Phi) is 10.5. The highest BCUT2D eigenvalue weighted by molar-refractivity contribution is 5.91. The van der Waals surface area contributed by atoms with Gasteiger partial charge in [-0.3, -0.25) is 0 Å². The summed E-state index contributed by atoms with van der Waals surface area (Å²) < 4.78 is 12.8. The zero-order valence-corrected chi connectivity index (χ0v) is 28.3. The Labute approximate surface area is 285 Å². The highest BCUT2D eigenvalue weighted by atomic mass is 16.5. The third-order valence-electron chi connectivity index (χ3n) is 10.7. The number of quaternary nitrogens is 2. The van der Waals surface area contributed by atoms with E-state index in [0.29, 0.717) is 13.1 Å². The van der Waals surface area contributed by atoms with Crippen LogP contribution in [0, 0.1) is 0 Å². The first-order valence-electron chi connectivity index (χ1n) is 17.3. The van der Waals surface area contributed by atoms with Crippen LogP contribution in [0.15, 0.2) is 121 Å². The normalized spacial score (nSPS) is 23.2. The van der Waals surface area contributed by atoms with Crippen molar-refractivity contribution in [1.82, 2.24) is 0 Å². The Bertz CT molecular complexity index is 1600. The molecule has 0 fully saturated rings. The van der Waals surface area contributed by atoms with Gasteiger partial charge in [-0.15, -0.1) is 0 Å². The van der Waals surface area contributed by atoms with Gasteiger partial charge in [-0.05, 0) is 22.3 Å². The zero-order valence-electron chi connectivity index (χ0n) is 28.3. The molecular weight excluding hydrogens is 596 g/mol. The number of rotatable bonds is 12. The molecule has 0 saturated carbocycles. The zero-order chi connectivity index (χ0) is 33.4. The smallest absolute Gasteiger partial charge is 0.331 e. The summed E-state index contributed by atoms with van der Waals surface area (Å²) in [6, 6.07) is 39.1. The number of hydrogen-bond donors (Lipinski definition) is 0. The predicted octanol–water partition coefficient (Wildman–Crippen LogP) is 6.60. The first-order valence-corrected chi connectivity index (χ1v) is 17.3. The van der Waals surface area contributed by atoms with Crippen LogP contribution in [0.1, 0.15) is 45.5 Å². The van der Waals surface area contributed by atoms with Crippen LogP contribution in [0.25, 0.3) is 0 Å². The summed E-state index contributed by atoms with van der Waals surface area (Å²) in [5, 5.41) is 0. The van der Waals surface area contributed by atoms with Gasteiger partial charge in [0.2, 0.25) is 0 Å². The minimum Gasteiger partial charge on any atom is -0.457 e. The molecule has 6 rings (SSSR count). The van der Waals surface area contributed by atoms with E-state index in [2.05, 4.69) is 111 Å². The Morgan fingerprint density at radius 2 is 0.958 bits per heavy atom. The molecule has 0 radical (unpaired) electrons. The molecule has 4 atom stereocenters. The van der Waals surface area contributed by atoms with Crippen molar-refractivity contribution in [3.63, 3.8) is 0 Å². The maximum absolute atomic E-state index is 12.6. The predicted molar refractivity (Wildman–Crippen MR) is 189 cm³/mol. The molecule has 2 heterocycles. The second-order valence-electron chi connectivity index (χ2n) is 13.8. The number of esters is 2. The Morgan fingerprint density at radius 1 is 0.583 bits per heavy atom. The maximum Gasteiger partial charge on any atom is 0.331 e. The summed E-state index contributed by atoms with van der Waals surface area (Å²) in [5.41, 5.74) is 8.16. The van der Waals surface area contributed by atoms with Crippen molar-refractivity contribution < 1.29 is 28.0 Å². The van der Waals surface area contributed by atoms with Crippen molar-refractivity contribution in [3.05, 3.63) is 155 Å². The van der Waals surface area contributed by atoms with E-state index >= 15 is 0 Å². The molecular formula is C42H48N2O4+2. The van der Waals surface area contributed by atoms with Crippen LogP contribution in [0.3, 0.4) is 0 Å². The fraction of sp³-hybridized carbons (Fsp3) is 0.333. The summed E-state index contributed by atoms with van der Waals surface area (Å²) in [7, 11) is 4.53. The van der Waals surface area contributed by atoms with Gasteiger partial charge in [-0.1, -0.05) is 109 Å². The summed E-state index contributed by atoms with van der Waals surface area (Å²) in [6.07, 6.45) is 6.22. The van der Waals surface area contributed by atoms with Crippen LogP contribution in [-0.2, 0) is 44.7 Å². The van der Waals surface area contributed by atoms with Crippen LogP contribution >= 0.6 is 0 Å². The van der Waals surface area contributed by atoms with Crippen LogP contribution in [0.4, 0.5) is 0 Å². The van der Waals surface area contributed by atoms with E-state index in [1.165, 1.54) is 45.5 Å². The van der Waals surface area contributed by atoms with E-state index in [-0.39, 0.29) is 25.3 Å². The fourth-order valence-corrected chi connectivity index (χ4v) is 7.72. The van der Waals surface area contributed by atoms with Gasteiger partial charge in [-0.2, -0.15) is 0 Å². The number of nitrogens with zero attached hydrogens (tertiary/aromatic N) is 2. The number of fused-ring (bicyclic) bond motifs is 2. The van der Waals surface area contributed by atoms with E-state index in [4.69, 9.17) is 9.47 Å². The van der Waals surface area contributed by atoms with Gasteiger partial charge >= 0.3 is 11.9 Å². The summed E-state index contributed by atoms with van der Waals surface area (Å²) >= 11 is 0. The van der Waals surface area contributed by atoms with E-state index in [1.807, 2.05) is 12.1 Å². The van der Waals surface area contributed by atoms with Crippen molar-refractivity contribution in [1.29, 1.82) is 0 Å². The molecule has 0 aliphatic carbocycles. The maximum atomic E-state index is 12.6. The largest absolute Gasteiger partial charge is 0.457 e. The van der Waals surface area contributed by atoms with Gasteiger partial charge in [0.05, 0.1) is 27.2 Å². The van der Waals surface area contributed by atoms with Crippen LogP contribution in [-0.4, -0.2) is 74.4 Å². The van der Waals surface area contributed by atoms with Crippen molar-refractivity contribution in [2.75, 3.05) is 53.5 Å². The molecule has 2 aliphatic heterocycles. The Hall–Kier alpha value is -4.52. The van der Waals surface area contributed by atoms with Gasteiger partial charge in [0, 0.05) is 49.0 Å². The number of likely N-dealkylation sites (N-methyl/N-ethyl adjacent to an activating group) is 2. The third kappa shape index (κ3) is 7.95. The number of benzene rings is 4. The molecule has 1 unspecified atom stereocenters. The van der Waals surface area contributed by atoms with Gasteiger partial charge in [0.25, 0.3) is 0 Å². The van der Waals surface area contributed by atoms with Crippen molar-refractivity contribution in [2.45, 2.75) is 37.8 Å². The topological polar surface area (TPSA) is 52.6 Å². The molecule has 0 bridgehead atoms. The molecule has 0 aromatic heterocycles. The molecule has 0 amide bonds. The van der Waals surface area contributed by atoms with Crippen molar-refractivity contribution in [3.8, 4) is 0 Å². The summed E-state index contributed by atoms with van der Waals surface area (Å²) in [5.74, 6) is -1.05. The quantitative estimate of drug-likeness (QED) is 0.0991. The highest BCUT2D eigenvalue weighted by Gasteiger charge is 2.40. The van der Waals surface area contributed by atoms with Gasteiger partial charge in [0.1, 0.15) is 38.4 Å². The standard InChI is InChI=1S/C42H48N2O4/c1-43(25-23-35-17-9-11-19-37(35)39(43)31-33-13-5-3-6-14-33)27-29-47-41(45)21-22-42(46)48-30-28-44(2)26-24-36-18-10-12-20-38(36)40(44)32-34-15-7-4-8-16-34/h3-22,39-40H,23-32H2,1-2H3/q+2/b22-21+/t39-,40?,43+,44+/m1/s1. The molecule has 4 aromatic rings. The second kappa shape index (κ2) is 15.1. The first kappa shape index (κ1) is 33.4. The molecule has 0 saturated heterocycles. The first-order chi connectivity index (χ1) is 23.3. The lowest BCUT2D eigenvalue weighted by Gasteiger charge is -2.45. The summed E-state index contributed by atoms with van der Waals surface area (Å²) in [6.45, 7) is 3.90. The second-order valence-corrected chi connectivity index (χ2v) is 13.8. The number of ether oxygens (including phenoxy) is 2. The average Bonchev–Trinajstić information content (AvgIpc) is 3.11. The molecule has 4 aromatic carbocycles. The lowest BCUT2D eigenvalue weighted by atomic mass is 9.87. The molecule has 6 heteroatoms. The lowest BCUT2D eigenvalue weighted by Crippen LogP contribution is -2.53. The van der Waals surface area contributed by atoms with Crippen LogP contribution in [0.2, 0.25) is 0 Å². The van der Waals surface area contributed by atoms with Crippen LogP contribution < -0.4 is 0 Å². The number of hydrogen-bond acceptors (Lipinski definition) is 4. The van der Waals surface area contributed by atoms with Crippen LogP contribution in [0.5, 0.6) is 0 Å². The molecule has 6 nitrogen and oxygen atoms in total. The minimum atomic E-state index is -0.523. The third-order valence-corrected chi connectivity index (χ3v) is 10.7. The Balaban J connectivity index is 1.01. The SMILES string of the molecule is C[N@@+]1(CCOC(=O)/C=C/C(=O)OCC[N@+]2(C)CCc3ccccc3[C@H]2Cc2ccccc2)CCc2ccccc2C1Cc1ccccc1. The van der Waals surface area contributed by atoms with E-state index < -0.39 is 11.9 Å². The lowest BCUT2D eigenvalue weighted by molar-refractivity contribution is -0.941. The van der Waals surface area contributed by atoms with Crippen molar-refractivity contribution in [2.24, 2.45) is 0 Å².